The topological polar surface area (TPSA) is 3.24 Å². The number of likely N-dealkylation sites (tertiary alicyclic amines) is 1. The molecule has 1 fully saturated rings. The lowest BCUT2D eigenvalue weighted by Gasteiger charge is -2.34. The Morgan fingerprint density at radius 2 is 1.90 bits per heavy atom. The summed E-state index contributed by atoms with van der Waals surface area (Å²) in [6.45, 7) is 17.0. The van der Waals surface area contributed by atoms with Gasteiger partial charge >= 0.3 is 0 Å². The first-order chi connectivity index (χ1) is 9.99. The SMILES string of the molecule is C=C(C)C1CCN(/C(C)=C/C=c2/cccc(C)c2=C)CC1. The molecule has 1 aliphatic heterocycles. The van der Waals surface area contributed by atoms with Gasteiger partial charge in [0.15, 0.2) is 0 Å². The van der Waals surface area contributed by atoms with Crippen LogP contribution in [0.25, 0.3) is 12.7 Å². The van der Waals surface area contributed by atoms with Gasteiger partial charge in [-0.05, 0) is 61.6 Å². The molecule has 0 atom stereocenters. The lowest BCUT2D eigenvalue weighted by molar-refractivity contribution is 0.246. The van der Waals surface area contributed by atoms with Gasteiger partial charge in [0.2, 0.25) is 0 Å². The second-order valence-electron chi connectivity index (χ2n) is 6.23. The Hall–Kier alpha value is -1.76. The Bertz CT molecular complexity index is 643. The largest absolute Gasteiger partial charge is 0.375 e. The Morgan fingerprint density at radius 1 is 1.24 bits per heavy atom. The molecule has 112 valence electrons. The zero-order valence-corrected chi connectivity index (χ0v) is 13.7. The van der Waals surface area contributed by atoms with Crippen LogP contribution >= 0.6 is 0 Å². The monoisotopic (exact) mass is 281 g/mol. The molecule has 1 aromatic carbocycles. The van der Waals surface area contributed by atoms with Crippen molar-refractivity contribution >= 4 is 12.7 Å². The number of allylic oxidation sites excluding steroid dienone is 3. The maximum absolute atomic E-state index is 4.16. The number of piperidine rings is 1. The zero-order valence-electron chi connectivity index (χ0n) is 13.7. The molecule has 2 rings (SSSR count). The number of nitrogens with zero attached hydrogens (tertiary/aromatic N) is 1. The average Bonchev–Trinajstić information content (AvgIpc) is 2.48. The second kappa shape index (κ2) is 6.80. The maximum Gasteiger partial charge on any atom is 0.0180 e. The van der Waals surface area contributed by atoms with E-state index in [1.807, 2.05) is 0 Å². The van der Waals surface area contributed by atoms with Crippen molar-refractivity contribution in [2.75, 3.05) is 13.1 Å². The summed E-state index contributed by atoms with van der Waals surface area (Å²) in [7, 11) is 0. The third kappa shape index (κ3) is 3.87. The molecular formula is C20H27N. The molecule has 0 aliphatic carbocycles. The molecule has 0 saturated carbocycles. The summed E-state index contributed by atoms with van der Waals surface area (Å²) < 4.78 is 0. The lowest BCUT2D eigenvalue weighted by Crippen LogP contribution is -2.32. The zero-order chi connectivity index (χ0) is 15.4. The van der Waals surface area contributed by atoms with E-state index >= 15 is 0 Å². The van der Waals surface area contributed by atoms with E-state index in [4.69, 9.17) is 0 Å². The van der Waals surface area contributed by atoms with Crippen LogP contribution in [0.2, 0.25) is 0 Å². The number of hydrogen-bond donors (Lipinski definition) is 0. The van der Waals surface area contributed by atoms with Crippen LogP contribution in [0.4, 0.5) is 0 Å². The first-order valence-electron chi connectivity index (χ1n) is 7.82. The highest BCUT2D eigenvalue weighted by Gasteiger charge is 2.19. The minimum atomic E-state index is 0.709. The van der Waals surface area contributed by atoms with Crippen LogP contribution in [0, 0.1) is 12.8 Å². The van der Waals surface area contributed by atoms with Gasteiger partial charge in [-0.1, -0.05) is 43.0 Å². The van der Waals surface area contributed by atoms with Crippen molar-refractivity contribution in [1.82, 2.24) is 4.90 Å². The summed E-state index contributed by atoms with van der Waals surface area (Å²) in [5.74, 6) is 0.709. The summed E-state index contributed by atoms with van der Waals surface area (Å²) in [5, 5.41) is 2.34. The molecule has 21 heavy (non-hydrogen) atoms. The molecule has 0 aromatic heterocycles. The third-order valence-corrected chi connectivity index (χ3v) is 4.64. The van der Waals surface area contributed by atoms with Crippen molar-refractivity contribution in [3.8, 4) is 0 Å². The predicted molar refractivity (Wildman–Crippen MR) is 93.3 cm³/mol. The normalized spacial score (nSPS) is 18.1. The highest BCUT2D eigenvalue weighted by atomic mass is 15.1. The molecule has 0 unspecified atom stereocenters. The van der Waals surface area contributed by atoms with Crippen LogP contribution in [0.1, 0.15) is 32.3 Å². The molecule has 1 heteroatoms. The van der Waals surface area contributed by atoms with Gasteiger partial charge in [0, 0.05) is 18.8 Å². The van der Waals surface area contributed by atoms with Gasteiger partial charge < -0.3 is 4.90 Å². The van der Waals surface area contributed by atoms with E-state index < -0.39 is 0 Å². The van der Waals surface area contributed by atoms with Crippen LogP contribution in [0.5, 0.6) is 0 Å². The summed E-state index contributed by atoms with van der Waals surface area (Å²) in [5.41, 5.74) is 3.93. The van der Waals surface area contributed by atoms with Crippen molar-refractivity contribution in [2.24, 2.45) is 5.92 Å². The first kappa shape index (κ1) is 15.6. The molecule has 0 N–H and O–H groups in total. The van der Waals surface area contributed by atoms with Crippen molar-refractivity contribution in [1.29, 1.82) is 0 Å². The highest BCUT2D eigenvalue weighted by molar-refractivity contribution is 5.41. The van der Waals surface area contributed by atoms with Crippen LogP contribution in [0.15, 0.2) is 42.1 Å². The summed E-state index contributed by atoms with van der Waals surface area (Å²) >= 11 is 0. The van der Waals surface area contributed by atoms with Crippen molar-refractivity contribution < 1.29 is 0 Å². The lowest BCUT2D eigenvalue weighted by atomic mass is 9.91. The van der Waals surface area contributed by atoms with Gasteiger partial charge in [-0.3, -0.25) is 0 Å². The average molecular weight is 281 g/mol. The standard InChI is InChI=1S/C20H27N/c1-15(2)19-11-13-21(14-12-19)17(4)9-10-20-8-6-7-16(3)18(20)5/h6-10,19H,1,5,11-14H2,2-4H3/b17-9+,20-10-. The van der Waals surface area contributed by atoms with Crippen molar-refractivity contribution in [3.63, 3.8) is 0 Å². The summed E-state index contributed by atoms with van der Waals surface area (Å²) in [6, 6.07) is 6.34. The molecule has 0 radical (unpaired) electrons. The second-order valence-corrected chi connectivity index (χ2v) is 6.23. The van der Waals surface area contributed by atoms with E-state index in [-0.39, 0.29) is 0 Å². The molecule has 1 heterocycles. The van der Waals surface area contributed by atoms with E-state index in [0.29, 0.717) is 5.92 Å². The van der Waals surface area contributed by atoms with Crippen LogP contribution in [-0.4, -0.2) is 18.0 Å². The van der Waals surface area contributed by atoms with Gasteiger partial charge in [0.05, 0.1) is 0 Å². The van der Waals surface area contributed by atoms with Gasteiger partial charge in [-0.15, -0.1) is 0 Å². The number of hydrogen-bond acceptors (Lipinski definition) is 1. The minimum Gasteiger partial charge on any atom is -0.375 e. The molecule has 0 amide bonds. The fraction of sp³-hybridized carbons (Fsp3) is 0.400. The van der Waals surface area contributed by atoms with E-state index in [1.165, 1.54) is 34.9 Å². The van der Waals surface area contributed by atoms with E-state index in [0.717, 1.165) is 18.3 Å². The summed E-state index contributed by atoms with van der Waals surface area (Å²) in [6.07, 6.45) is 6.87. The fourth-order valence-electron chi connectivity index (χ4n) is 2.92. The number of aryl methyl sites for hydroxylation is 1. The Kier molecular flexibility index (Phi) is 5.06. The molecule has 1 aliphatic rings. The third-order valence-electron chi connectivity index (χ3n) is 4.64. The quantitative estimate of drug-likeness (QED) is 0.768. The molecule has 1 saturated heterocycles. The Morgan fingerprint density at radius 3 is 2.52 bits per heavy atom. The molecule has 1 aromatic rings. The van der Waals surface area contributed by atoms with E-state index in [1.54, 1.807) is 0 Å². The van der Waals surface area contributed by atoms with E-state index in [2.05, 4.69) is 69.2 Å². The first-order valence-corrected chi connectivity index (χ1v) is 7.82. The highest BCUT2D eigenvalue weighted by Crippen LogP contribution is 2.24. The molecule has 0 spiro atoms. The van der Waals surface area contributed by atoms with Crippen LogP contribution < -0.4 is 10.4 Å². The number of rotatable bonds is 3. The Labute approximate surface area is 129 Å². The van der Waals surface area contributed by atoms with Crippen LogP contribution in [-0.2, 0) is 0 Å². The van der Waals surface area contributed by atoms with Gasteiger partial charge in [0.1, 0.15) is 0 Å². The minimum absolute atomic E-state index is 0.709. The van der Waals surface area contributed by atoms with Crippen molar-refractivity contribution in [3.05, 3.63) is 58.1 Å². The smallest absolute Gasteiger partial charge is 0.0180 e. The fourth-order valence-corrected chi connectivity index (χ4v) is 2.92. The van der Waals surface area contributed by atoms with Crippen molar-refractivity contribution in [2.45, 2.75) is 33.6 Å². The molecule has 1 nitrogen and oxygen atoms in total. The molecule has 0 bridgehead atoms. The van der Waals surface area contributed by atoms with Gasteiger partial charge in [-0.2, -0.15) is 0 Å². The Balaban J connectivity index is 2.10. The number of benzene rings is 1. The van der Waals surface area contributed by atoms with Gasteiger partial charge in [0.25, 0.3) is 0 Å². The molecular weight excluding hydrogens is 254 g/mol. The van der Waals surface area contributed by atoms with E-state index in [9.17, 15) is 0 Å². The van der Waals surface area contributed by atoms with Gasteiger partial charge in [-0.25, -0.2) is 0 Å². The predicted octanol–water partition coefficient (Wildman–Crippen LogP) is 3.38. The maximum atomic E-state index is 4.16. The summed E-state index contributed by atoms with van der Waals surface area (Å²) in [4.78, 5) is 2.48. The van der Waals surface area contributed by atoms with Crippen LogP contribution in [0.3, 0.4) is 0 Å².